The fourth-order valence-electron chi connectivity index (χ4n) is 2.44. The number of halogens is 2. The lowest BCUT2D eigenvalue weighted by Gasteiger charge is -2.09. The number of nitrogens with zero attached hydrogens (tertiary/aromatic N) is 1. The van der Waals surface area contributed by atoms with E-state index in [4.69, 9.17) is 23.2 Å². The van der Waals surface area contributed by atoms with Crippen molar-refractivity contribution in [3.05, 3.63) is 68.6 Å². The summed E-state index contributed by atoms with van der Waals surface area (Å²) in [5, 5.41) is 7.43. The number of aryl methyl sites for hydroxylation is 2. The van der Waals surface area contributed by atoms with Crippen LogP contribution in [0.15, 0.2) is 42.5 Å². The second-order valence-electron chi connectivity index (χ2n) is 5.77. The third-order valence-electron chi connectivity index (χ3n) is 3.85. The largest absolute Gasteiger partial charge is 0.333 e. The van der Waals surface area contributed by atoms with E-state index in [1.807, 2.05) is 19.1 Å². The summed E-state index contributed by atoms with van der Waals surface area (Å²) in [7, 11) is 0. The first kappa shape index (κ1) is 18.7. The minimum Gasteiger partial charge on any atom is -0.333 e. The summed E-state index contributed by atoms with van der Waals surface area (Å²) < 4.78 is 0. The molecule has 26 heavy (non-hydrogen) atoms. The Hall–Kier alpha value is -2.08. The first-order chi connectivity index (χ1) is 12.4. The second-order valence-corrected chi connectivity index (χ2v) is 7.70. The molecule has 0 saturated carbocycles. The lowest BCUT2D eigenvalue weighted by Crippen LogP contribution is -2.28. The first-order valence-electron chi connectivity index (χ1n) is 7.96. The van der Waals surface area contributed by atoms with Gasteiger partial charge in [0.25, 0.3) is 0 Å². The van der Waals surface area contributed by atoms with E-state index in [-0.39, 0.29) is 6.03 Å². The van der Waals surface area contributed by atoms with E-state index in [1.165, 1.54) is 5.56 Å². The Bertz CT molecular complexity index is 956. The Morgan fingerprint density at radius 3 is 2.69 bits per heavy atom. The molecule has 0 aliphatic carbocycles. The van der Waals surface area contributed by atoms with E-state index in [9.17, 15) is 4.79 Å². The van der Waals surface area contributed by atoms with Crippen LogP contribution in [0.4, 0.5) is 10.5 Å². The highest BCUT2D eigenvalue weighted by molar-refractivity contribution is 7.15. The number of aromatic nitrogens is 1. The highest BCUT2D eigenvalue weighted by atomic mass is 35.5. The van der Waals surface area contributed by atoms with Gasteiger partial charge in [-0.2, -0.15) is 0 Å². The van der Waals surface area contributed by atoms with Crippen LogP contribution in [-0.2, 0) is 6.54 Å². The number of thiazole rings is 1. The molecule has 0 fully saturated rings. The zero-order valence-electron chi connectivity index (χ0n) is 14.3. The average molecular weight is 406 g/mol. The minimum absolute atomic E-state index is 0.348. The first-order valence-corrected chi connectivity index (χ1v) is 9.53. The Labute approximate surface area is 166 Å². The van der Waals surface area contributed by atoms with E-state index in [2.05, 4.69) is 34.7 Å². The van der Waals surface area contributed by atoms with E-state index < -0.39 is 0 Å². The van der Waals surface area contributed by atoms with Gasteiger partial charge in [0.1, 0.15) is 5.01 Å². The van der Waals surface area contributed by atoms with Crippen LogP contribution in [0.25, 0.3) is 10.6 Å². The molecule has 0 radical (unpaired) electrons. The lowest BCUT2D eigenvalue weighted by atomic mass is 10.1. The zero-order valence-corrected chi connectivity index (χ0v) is 16.6. The Balaban J connectivity index is 1.67. The summed E-state index contributed by atoms with van der Waals surface area (Å²) in [6.07, 6.45) is 0. The number of carbonyl (C=O) groups excluding carboxylic acids is 1. The molecule has 134 valence electrons. The van der Waals surface area contributed by atoms with Gasteiger partial charge >= 0.3 is 6.03 Å². The summed E-state index contributed by atoms with van der Waals surface area (Å²) in [6, 6.07) is 12.7. The fraction of sp³-hybridized carbons (Fsp3) is 0.158. The zero-order chi connectivity index (χ0) is 18.7. The highest BCUT2D eigenvalue weighted by Crippen LogP contribution is 2.30. The molecule has 1 heterocycles. The van der Waals surface area contributed by atoms with Crippen molar-refractivity contribution in [2.75, 3.05) is 5.32 Å². The molecular weight excluding hydrogens is 389 g/mol. The minimum atomic E-state index is -0.348. The topological polar surface area (TPSA) is 54.0 Å². The maximum Gasteiger partial charge on any atom is 0.319 e. The summed E-state index contributed by atoms with van der Waals surface area (Å²) in [6.45, 7) is 4.40. The SMILES string of the molecule is Cc1ccccc1-c1nc(C)c(CNC(=O)Nc2cc(Cl)ccc2Cl)s1. The number of hydrogen-bond donors (Lipinski definition) is 2. The molecule has 3 aromatic rings. The van der Waals surface area contributed by atoms with Gasteiger partial charge in [0.15, 0.2) is 0 Å². The number of nitrogens with one attached hydrogen (secondary N) is 2. The maximum atomic E-state index is 12.2. The van der Waals surface area contributed by atoms with E-state index in [1.54, 1.807) is 29.5 Å². The summed E-state index contributed by atoms with van der Waals surface area (Å²) in [5.74, 6) is 0. The standard InChI is InChI=1S/C19H17Cl2N3OS/c1-11-5-3-4-6-14(11)18-23-12(2)17(26-18)10-22-19(25)24-16-9-13(20)7-8-15(16)21/h3-9H,10H2,1-2H3,(H2,22,24,25). The van der Waals surface area contributed by atoms with Crippen LogP contribution in [0.3, 0.4) is 0 Å². The maximum absolute atomic E-state index is 12.2. The Morgan fingerprint density at radius 1 is 1.15 bits per heavy atom. The summed E-state index contributed by atoms with van der Waals surface area (Å²) >= 11 is 13.6. The van der Waals surface area contributed by atoms with Gasteiger partial charge < -0.3 is 10.6 Å². The van der Waals surface area contributed by atoms with Crippen LogP contribution in [0, 0.1) is 13.8 Å². The van der Waals surface area contributed by atoms with Crippen molar-refractivity contribution in [3.63, 3.8) is 0 Å². The predicted molar refractivity (Wildman–Crippen MR) is 109 cm³/mol. The monoisotopic (exact) mass is 405 g/mol. The van der Waals surface area contributed by atoms with Gasteiger partial charge in [-0.1, -0.05) is 47.5 Å². The van der Waals surface area contributed by atoms with Crippen LogP contribution in [-0.4, -0.2) is 11.0 Å². The second kappa shape index (κ2) is 8.08. The highest BCUT2D eigenvalue weighted by Gasteiger charge is 2.12. The van der Waals surface area contributed by atoms with Crippen LogP contribution < -0.4 is 10.6 Å². The van der Waals surface area contributed by atoms with E-state index in [0.29, 0.717) is 22.3 Å². The molecule has 2 aromatic carbocycles. The lowest BCUT2D eigenvalue weighted by molar-refractivity contribution is 0.252. The van der Waals surface area contributed by atoms with Crippen molar-refractivity contribution < 1.29 is 4.79 Å². The van der Waals surface area contributed by atoms with Gasteiger partial charge in [-0.15, -0.1) is 11.3 Å². The number of benzene rings is 2. The van der Waals surface area contributed by atoms with Gasteiger partial charge in [0.05, 0.1) is 22.9 Å². The van der Waals surface area contributed by atoms with Crippen molar-refractivity contribution >= 4 is 46.3 Å². The third-order valence-corrected chi connectivity index (χ3v) is 5.61. The smallest absolute Gasteiger partial charge is 0.319 e. The molecule has 0 bridgehead atoms. The normalized spacial score (nSPS) is 10.6. The number of amides is 2. The molecule has 0 aliphatic heterocycles. The summed E-state index contributed by atoms with van der Waals surface area (Å²) in [4.78, 5) is 17.8. The molecular formula is C19H17Cl2N3OS. The molecule has 7 heteroatoms. The van der Waals surface area contributed by atoms with Crippen LogP contribution >= 0.6 is 34.5 Å². The van der Waals surface area contributed by atoms with Gasteiger partial charge in [0.2, 0.25) is 0 Å². The molecule has 0 atom stereocenters. The van der Waals surface area contributed by atoms with Crippen LogP contribution in [0.1, 0.15) is 16.1 Å². The van der Waals surface area contributed by atoms with Crippen molar-refractivity contribution in [1.82, 2.24) is 10.3 Å². The van der Waals surface area contributed by atoms with Gasteiger partial charge in [-0.25, -0.2) is 9.78 Å². The number of rotatable bonds is 4. The van der Waals surface area contributed by atoms with Crippen molar-refractivity contribution in [3.8, 4) is 10.6 Å². The molecule has 1 aromatic heterocycles. The molecule has 2 amide bonds. The Kier molecular flexibility index (Phi) is 5.81. The predicted octanol–water partition coefficient (Wildman–Crippen LogP) is 6.06. The number of hydrogen-bond acceptors (Lipinski definition) is 3. The molecule has 0 saturated heterocycles. The Morgan fingerprint density at radius 2 is 1.92 bits per heavy atom. The number of carbonyl (C=O) groups is 1. The molecule has 4 nitrogen and oxygen atoms in total. The fourth-order valence-corrected chi connectivity index (χ4v) is 3.87. The molecule has 0 unspecified atom stereocenters. The van der Waals surface area contributed by atoms with Crippen LogP contribution in [0.2, 0.25) is 10.0 Å². The van der Waals surface area contributed by atoms with Crippen molar-refractivity contribution in [2.24, 2.45) is 0 Å². The third kappa shape index (κ3) is 4.36. The van der Waals surface area contributed by atoms with E-state index in [0.717, 1.165) is 21.1 Å². The van der Waals surface area contributed by atoms with E-state index >= 15 is 0 Å². The number of urea groups is 1. The molecule has 2 N–H and O–H groups in total. The van der Waals surface area contributed by atoms with Crippen LogP contribution in [0.5, 0.6) is 0 Å². The molecule has 3 rings (SSSR count). The quantitative estimate of drug-likeness (QED) is 0.554. The molecule has 0 aliphatic rings. The van der Waals surface area contributed by atoms with Crippen molar-refractivity contribution in [1.29, 1.82) is 0 Å². The van der Waals surface area contributed by atoms with Gasteiger partial charge in [-0.3, -0.25) is 0 Å². The average Bonchev–Trinajstić information content (AvgIpc) is 2.97. The molecule has 0 spiro atoms. The summed E-state index contributed by atoms with van der Waals surface area (Å²) in [5.41, 5.74) is 3.67. The number of anilines is 1. The van der Waals surface area contributed by atoms with Crippen molar-refractivity contribution in [2.45, 2.75) is 20.4 Å². The van der Waals surface area contributed by atoms with Gasteiger partial charge in [-0.05, 0) is 37.6 Å². The van der Waals surface area contributed by atoms with Gasteiger partial charge in [0, 0.05) is 15.5 Å².